The normalized spacial score (nSPS) is 19.5. The van der Waals surface area contributed by atoms with Gasteiger partial charge in [0.15, 0.2) is 17.3 Å². The molecule has 1 unspecified atom stereocenters. The molecule has 442 valence electrons. The number of aryl methyl sites for hydroxylation is 1. The van der Waals surface area contributed by atoms with Gasteiger partial charge >= 0.3 is 0 Å². The first kappa shape index (κ1) is 56.0. The van der Waals surface area contributed by atoms with Gasteiger partial charge in [0.1, 0.15) is 34.7 Å². The summed E-state index contributed by atoms with van der Waals surface area (Å²) in [6.45, 7) is 9.93. The van der Waals surface area contributed by atoms with Gasteiger partial charge in [-0.3, -0.25) is 53.2 Å². The number of nitrogen functional groups attached to an aromatic ring is 1. The van der Waals surface area contributed by atoms with Crippen LogP contribution in [0.3, 0.4) is 0 Å². The Morgan fingerprint density at radius 2 is 1.55 bits per heavy atom. The van der Waals surface area contributed by atoms with Crippen molar-refractivity contribution in [3.8, 4) is 28.8 Å². The number of aromatic nitrogens is 7. The molecule has 5 amide bonds. The number of nitrogens with one attached hydrogen (secondary N) is 2. The van der Waals surface area contributed by atoms with E-state index in [9.17, 15) is 24.0 Å². The number of benzene rings is 2. The molecule has 2 aromatic carbocycles. The average molecular weight is 1170 g/mol. The van der Waals surface area contributed by atoms with Crippen molar-refractivity contribution in [3.05, 3.63) is 131 Å². The zero-order valence-electron chi connectivity index (χ0n) is 47.8. The smallest absolute Gasteiger partial charge is 0.264 e. The summed E-state index contributed by atoms with van der Waals surface area (Å²) in [6.07, 6.45) is 12.4. The fourth-order valence-electron chi connectivity index (χ4n) is 13.3. The minimum absolute atomic E-state index is 0.00697. The number of pyridine rings is 3. The average Bonchev–Trinajstić information content (AvgIpc) is 1.69. The number of halogens is 2. The van der Waals surface area contributed by atoms with Gasteiger partial charge < -0.3 is 25.8 Å². The van der Waals surface area contributed by atoms with Crippen LogP contribution in [0.4, 0.5) is 31.8 Å². The lowest BCUT2D eigenvalue weighted by atomic mass is 9.93. The summed E-state index contributed by atoms with van der Waals surface area (Å²) in [5.74, 6) is 5.22. The third kappa shape index (κ3) is 11.2. The van der Waals surface area contributed by atoms with Crippen molar-refractivity contribution >= 4 is 63.7 Å². The zero-order chi connectivity index (χ0) is 59.2. The highest BCUT2D eigenvalue weighted by Crippen LogP contribution is 2.35. The lowest BCUT2D eigenvalue weighted by Crippen LogP contribution is -2.54. The van der Waals surface area contributed by atoms with Gasteiger partial charge in [0.25, 0.3) is 11.8 Å². The Morgan fingerprint density at radius 1 is 0.779 bits per heavy atom. The molecule has 5 aromatic heterocycles. The Bertz CT molecular complexity index is 3820. The van der Waals surface area contributed by atoms with E-state index in [0.29, 0.717) is 85.2 Å². The van der Waals surface area contributed by atoms with Gasteiger partial charge in [-0.15, -0.1) is 0 Å². The van der Waals surface area contributed by atoms with Crippen LogP contribution in [-0.4, -0.2) is 167 Å². The van der Waals surface area contributed by atoms with Gasteiger partial charge in [0, 0.05) is 143 Å². The van der Waals surface area contributed by atoms with E-state index in [1.807, 2.05) is 57.2 Å². The molecule has 0 aliphatic carbocycles. The topological polar surface area (TPSA) is 229 Å². The molecule has 0 spiro atoms. The van der Waals surface area contributed by atoms with Crippen molar-refractivity contribution in [1.82, 2.24) is 59.2 Å². The number of hydrogen-bond acceptors (Lipinski definition) is 16. The van der Waals surface area contributed by atoms with Crippen molar-refractivity contribution in [2.45, 2.75) is 83.0 Å². The van der Waals surface area contributed by atoms with Crippen LogP contribution in [0.1, 0.15) is 95.1 Å². The molecular weight excluding hydrogens is 1100 g/mol. The van der Waals surface area contributed by atoms with Crippen molar-refractivity contribution < 1.29 is 32.8 Å². The molecule has 13 rings (SSSR count). The van der Waals surface area contributed by atoms with Gasteiger partial charge in [0.05, 0.1) is 41.3 Å². The molecule has 7 aromatic rings. The number of imidazole rings is 1. The van der Waals surface area contributed by atoms with Crippen LogP contribution in [0.5, 0.6) is 0 Å². The van der Waals surface area contributed by atoms with Crippen LogP contribution >= 0.6 is 0 Å². The van der Waals surface area contributed by atoms with E-state index in [1.165, 1.54) is 12.1 Å². The minimum atomic E-state index is -1.04. The summed E-state index contributed by atoms with van der Waals surface area (Å²) in [6, 6.07) is 18.5. The Hall–Kier alpha value is -9.14. The van der Waals surface area contributed by atoms with Crippen molar-refractivity contribution in [3.63, 3.8) is 0 Å². The largest absolute Gasteiger partial charge is 0.384 e. The van der Waals surface area contributed by atoms with Crippen LogP contribution in [0.25, 0.3) is 28.1 Å². The molecule has 6 aliphatic heterocycles. The number of fused-ring (bicyclic) bond motifs is 2. The fourth-order valence-corrected chi connectivity index (χ4v) is 13.3. The molecule has 1 atom stereocenters. The molecule has 21 nitrogen and oxygen atoms in total. The van der Waals surface area contributed by atoms with Crippen LogP contribution in [0.2, 0.25) is 0 Å². The molecular formula is C63H66F2N16O5. The van der Waals surface area contributed by atoms with Crippen molar-refractivity contribution in [1.29, 1.82) is 0 Å². The second-order valence-corrected chi connectivity index (χ2v) is 23.2. The van der Waals surface area contributed by atoms with Crippen molar-refractivity contribution in [2.75, 3.05) is 92.8 Å². The minimum Gasteiger partial charge on any atom is -0.384 e. The predicted octanol–water partition coefficient (Wildman–Crippen LogP) is 5.97. The second-order valence-electron chi connectivity index (χ2n) is 23.2. The number of hydrogen-bond donors (Lipinski definition) is 3. The number of likely N-dealkylation sites (tertiary alicyclic amines) is 2. The number of carbonyl (C=O) groups excluding carboxylic acids is 5. The number of nitrogens with zero attached hydrogens (tertiary/aromatic N) is 13. The van der Waals surface area contributed by atoms with E-state index >= 15 is 8.78 Å². The zero-order valence-corrected chi connectivity index (χ0v) is 47.8. The SMILES string of the molecule is Cc1nc2ccc(-c3ccnc(N)c3)nc2n1-c1cc(F)c(N2CCN(C3CCN(CC#Cc4ccc(N5CCC(C(=O)N6CCC(n7cc(CNc8cccc9c8C(=O)N(C8CCC(=O)NC8=O)C9=O)cn7)CC6)CC5)nc4)CC3)CC2)c(F)c1. The van der Waals surface area contributed by atoms with Crippen LogP contribution in [0.15, 0.2) is 91.5 Å². The van der Waals surface area contributed by atoms with E-state index in [-0.39, 0.29) is 47.5 Å². The number of anilines is 4. The Labute approximate surface area is 495 Å². The maximum Gasteiger partial charge on any atom is 0.264 e. The summed E-state index contributed by atoms with van der Waals surface area (Å²) in [7, 11) is 0. The number of piperazine rings is 1. The maximum absolute atomic E-state index is 16.0. The number of imide groups is 2. The van der Waals surface area contributed by atoms with Crippen LogP contribution in [-0.2, 0) is 20.9 Å². The molecule has 86 heavy (non-hydrogen) atoms. The summed E-state index contributed by atoms with van der Waals surface area (Å²) in [5, 5.41) is 10.2. The third-order valence-electron chi connectivity index (χ3n) is 17.9. The van der Waals surface area contributed by atoms with E-state index in [0.717, 1.165) is 105 Å². The Kier molecular flexibility index (Phi) is 15.5. The summed E-state index contributed by atoms with van der Waals surface area (Å²) in [4.78, 5) is 95.0. The molecule has 6 aliphatic rings. The third-order valence-corrected chi connectivity index (χ3v) is 17.9. The number of carbonyl (C=O) groups is 5. The molecule has 5 saturated heterocycles. The molecule has 0 bridgehead atoms. The van der Waals surface area contributed by atoms with Gasteiger partial charge in [0.2, 0.25) is 17.7 Å². The quantitative estimate of drug-likeness (QED) is 0.0945. The highest BCUT2D eigenvalue weighted by Gasteiger charge is 2.46. The molecule has 0 saturated carbocycles. The Morgan fingerprint density at radius 3 is 2.28 bits per heavy atom. The lowest BCUT2D eigenvalue weighted by molar-refractivity contribution is -0.138. The van der Waals surface area contributed by atoms with Crippen molar-refractivity contribution in [2.24, 2.45) is 5.92 Å². The van der Waals surface area contributed by atoms with E-state index < -0.39 is 41.3 Å². The molecule has 4 N–H and O–H groups in total. The monoisotopic (exact) mass is 1160 g/mol. The first-order valence-corrected chi connectivity index (χ1v) is 29.7. The molecule has 0 radical (unpaired) electrons. The van der Waals surface area contributed by atoms with Gasteiger partial charge in [-0.05, 0) is 100 Å². The molecule has 5 fully saturated rings. The second kappa shape index (κ2) is 23.7. The highest BCUT2D eigenvalue weighted by atomic mass is 19.1. The summed E-state index contributed by atoms with van der Waals surface area (Å²) in [5.41, 5.74) is 11.4. The van der Waals surface area contributed by atoms with E-state index in [2.05, 4.69) is 52.2 Å². The number of amides is 5. The first-order valence-electron chi connectivity index (χ1n) is 29.7. The number of rotatable bonds is 12. The van der Waals surface area contributed by atoms with Crippen LogP contribution in [0, 0.1) is 36.3 Å². The van der Waals surface area contributed by atoms with E-state index in [1.54, 1.807) is 48.1 Å². The Balaban J connectivity index is 0.523. The summed E-state index contributed by atoms with van der Waals surface area (Å²) >= 11 is 0. The molecule has 11 heterocycles. The fraction of sp³-hybridized carbons (Fsp3) is 0.397. The lowest BCUT2D eigenvalue weighted by Gasteiger charge is -2.43. The number of nitrogens with two attached hydrogens (primary N) is 1. The summed E-state index contributed by atoms with van der Waals surface area (Å²) < 4.78 is 35.7. The van der Waals surface area contributed by atoms with E-state index in [4.69, 9.17) is 15.7 Å². The van der Waals surface area contributed by atoms with Gasteiger partial charge in [-0.25, -0.2) is 28.7 Å². The van der Waals surface area contributed by atoms with Gasteiger partial charge in [-0.2, -0.15) is 5.10 Å². The van der Waals surface area contributed by atoms with Crippen LogP contribution < -0.4 is 26.2 Å². The first-order chi connectivity index (χ1) is 41.8. The van der Waals surface area contributed by atoms with Gasteiger partial charge in [-0.1, -0.05) is 17.9 Å². The predicted molar refractivity (Wildman–Crippen MR) is 318 cm³/mol. The standard InChI is InChI=1S/C63H66F2N16O5/c1-39-71-52-9-8-50(43-13-20-67-54(66)32-43)72-59(52)80(39)46-33-48(64)58(49(65)34-46)77-30-28-75(29-31-77)44-16-22-74(23-17-44)21-3-4-40-7-11-55(69-35-40)76-24-14-42(15-25-76)61(84)78-26-18-45(19-27-78)79-38-41(37-70-79)36-68-51-6-2-5-47-57(51)63(86)81(62(47)85)53-10-12-56(82)73-60(53)83/h2,5-9,11,13,20,32-35,37-38,42,44-45,53,68H,10,12,14-19,21-31,36H2,1H3,(H2,66,67)(H,73,82,83). The highest BCUT2D eigenvalue weighted by molar-refractivity contribution is 6.25. The molecule has 23 heteroatoms. The maximum atomic E-state index is 16.0. The number of piperidine rings is 4.